The first-order valence-corrected chi connectivity index (χ1v) is 44.9. The van der Waals surface area contributed by atoms with Crippen LogP contribution in [0.2, 0.25) is 0 Å². The molecule has 5 aromatic carbocycles. The number of hydrogen-bond acceptors (Lipinski definition) is 25. The molecule has 20 aromatic rings. The molecule has 0 saturated carbocycles. The molecule has 133 heavy (non-hydrogen) atoms. The average molecular weight is 1770 g/mol. The van der Waals surface area contributed by atoms with Crippen molar-refractivity contribution in [3.05, 3.63) is 272 Å². The zero-order valence-electron chi connectivity index (χ0n) is 84.5. The number of nitrogens with zero attached hydrogens (tertiary/aromatic N) is 20. The number of fused-ring (bicyclic) bond motifs is 20. The van der Waals surface area contributed by atoms with E-state index in [2.05, 4.69) is 195 Å². The van der Waals surface area contributed by atoms with Crippen molar-refractivity contribution in [2.45, 2.75) is 180 Å². The molecule has 25 nitrogen and oxygen atoms in total. The maximum absolute atomic E-state index is 8.69. The predicted octanol–water partition coefficient (Wildman–Crippen LogP) is 26.2. The highest BCUT2D eigenvalue weighted by molar-refractivity contribution is 6.15. The Kier molecular flexibility index (Phi) is 19.1. The van der Waals surface area contributed by atoms with Crippen molar-refractivity contribution < 1.29 is 31.7 Å². The maximum Gasteiger partial charge on any atom is 0.227 e. The van der Waals surface area contributed by atoms with Gasteiger partial charge >= 0.3 is 0 Å². The molecule has 15 aromatic heterocycles. The van der Waals surface area contributed by atoms with E-state index in [1.165, 1.54) is 4.90 Å². The molecule has 5 atom stereocenters. The standard InChI is InChI=1S/4C22H22N4O.C20H18N4O/c2*1-13(2)25-15(4)26(18-8-6-11-23-21(18)25)19-14(3)9-10-16-17-7-5-12-24-22(17)27-20(16)19;2*1-13(2)25-15(4)26(21-18(25)8-6-11-23-21)19-14(3)9-10-16-17-7-5-12-24-22(17)27-20(16)19;1-12-8-9-14-15-6-4-11-22-20(15)25-18(14)17(12)24-13(2)23(3)19-16(24)7-5-10-21-19/h4*5-13,15H,1-4H3;4-11,13H,1-3H3/t;;15-;;/m..0../s1/i4*13D;3D3. The van der Waals surface area contributed by atoms with Gasteiger partial charge in [-0.3, -0.25) is 0 Å². The third kappa shape index (κ3) is 13.6. The molecule has 0 aliphatic carbocycles. The predicted molar refractivity (Wildman–Crippen MR) is 539 cm³/mol. The summed E-state index contributed by atoms with van der Waals surface area (Å²) in [5.41, 5.74) is 21.9. The van der Waals surface area contributed by atoms with E-state index in [9.17, 15) is 0 Å². The summed E-state index contributed by atoms with van der Waals surface area (Å²) in [5.74, 6) is 3.78. The van der Waals surface area contributed by atoms with Gasteiger partial charge in [0.15, 0.2) is 57.0 Å². The molecule has 0 radical (unpaired) electrons. The number of rotatable bonds is 9. The number of hydrogen-bond donors (Lipinski definition) is 0. The molecule has 0 amide bonds. The molecule has 0 bridgehead atoms. The highest BCUT2D eigenvalue weighted by Crippen LogP contribution is 2.55. The monoisotopic (exact) mass is 1770 g/mol. The van der Waals surface area contributed by atoms with E-state index in [1.807, 2.05) is 205 Å². The summed E-state index contributed by atoms with van der Waals surface area (Å²) in [6.07, 6.45) is 16.7. The Labute approximate surface area is 781 Å². The summed E-state index contributed by atoms with van der Waals surface area (Å²) in [6, 6.07) is 57.0. The van der Waals surface area contributed by atoms with Gasteiger partial charge in [-0.25, -0.2) is 49.8 Å². The van der Waals surface area contributed by atoms with Crippen LogP contribution in [0.1, 0.15) is 127 Å². The third-order valence-electron chi connectivity index (χ3n) is 26.1. The van der Waals surface area contributed by atoms with E-state index < -0.39 is 37.2 Å². The van der Waals surface area contributed by atoms with Gasteiger partial charge in [0, 0.05) is 151 Å². The van der Waals surface area contributed by atoms with Crippen LogP contribution in [0.15, 0.2) is 266 Å². The first kappa shape index (κ1) is 76.5. The van der Waals surface area contributed by atoms with Gasteiger partial charge in [-0.05, 0) is 274 Å². The van der Waals surface area contributed by atoms with Gasteiger partial charge < -0.3 is 71.1 Å². The minimum atomic E-state index is -2.31. The molecule has 0 N–H and O–H groups in total. The van der Waals surface area contributed by atoms with Gasteiger partial charge in [0.1, 0.15) is 30.8 Å². The second-order valence-electron chi connectivity index (χ2n) is 35.2. The summed E-state index contributed by atoms with van der Waals surface area (Å²) in [4.78, 5) is 65.3. The van der Waals surface area contributed by atoms with Crippen LogP contribution in [-0.4, -0.2) is 112 Å². The quantitative estimate of drug-likeness (QED) is 0.131. The second kappa shape index (κ2) is 33.2. The molecule has 25 heteroatoms. The van der Waals surface area contributed by atoms with E-state index in [4.69, 9.17) is 31.7 Å². The smallest absolute Gasteiger partial charge is 0.227 e. The van der Waals surface area contributed by atoms with Crippen molar-refractivity contribution in [2.24, 2.45) is 0 Å². The normalized spacial score (nSPS) is 17.9. The van der Waals surface area contributed by atoms with Crippen molar-refractivity contribution in [3.8, 4) is 0 Å². The lowest BCUT2D eigenvalue weighted by molar-refractivity contribution is 0.597. The van der Waals surface area contributed by atoms with Crippen LogP contribution in [0.4, 0.5) is 86.0 Å². The topological polar surface area (TPSA) is 227 Å². The van der Waals surface area contributed by atoms with Crippen molar-refractivity contribution in [1.29, 1.82) is 0 Å². The third-order valence-corrected chi connectivity index (χ3v) is 26.1. The minimum absolute atomic E-state index is 0.0807. The summed E-state index contributed by atoms with van der Waals surface area (Å²) in [5, 5.41) is 10.1. The van der Waals surface area contributed by atoms with Crippen LogP contribution in [0.25, 0.3) is 110 Å². The van der Waals surface area contributed by atoms with E-state index in [-0.39, 0.29) is 24.7 Å². The van der Waals surface area contributed by atoms with Crippen LogP contribution in [0, 0.1) is 34.6 Å². The van der Waals surface area contributed by atoms with E-state index >= 15 is 0 Å². The van der Waals surface area contributed by atoms with Gasteiger partial charge in [-0.1, -0.05) is 60.7 Å². The lowest BCUT2D eigenvalue weighted by Gasteiger charge is -2.33. The first-order chi connectivity index (χ1) is 66.9. The Morgan fingerprint density at radius 3 is 0.729 bits per heavy atom. The lowest BCUT2D eigenvalue weighted by Crippen LogP contribution is -2.42. The van der Waals surface area contributed by atoms with Gasteiger partial charge in [0.25, 0.3) is 0 Å². The molecule has 0 spiro atoms. The molecule has 5 aliphatic rings. The van der Waals surface area contributed by atoms with Gasteiger partial charge in [0.05, 0.1) is 62.4 Å². The summed E-state index contributed by atoms with van der Waals surface area (Å²) in [6.45, 7) is 33.5. The number of aromatic nitrogens is 10. The summed E-state index contributed by atoms with van der Waals surface area (Å²) < 4.78 is 89.7. The van der Waals surface area contributed by atoms with E-state index in [1.54, 1.807) is 62.0 Å². The second-order valence-corrected chi connectivity index (χ2v) is 35.2. The van der Waals surface area contributed by atoms with Crippen molar-refractivity contribution in [1.82, 2.24) is 49.8 Å². The largest absolute Gasteiger partial charge is 0.435 e. The number of anilines is 15. The average Bonchev–Trinajstić information content (AvgIpc) is 1.59. The van der Waals surface area contributed by atoms with E-state index in [0.29, 0.717) is 40.0 Å². The van der Waals surface area contributed by atoms with Crippen molar-refractivity contribution in [3.63, 3.8) is 0 Å². The molecule has 0 fully saturated rings. The van der Waals surface area contributed by atoms with Crippen LogP contribution in [0.3, 0.4) is 0 Å². The number of pyridine rings is 10. The van der Waals surface area contributed by atoms with Gasteiger partial charge in [-0.15, -0.1) is 0 Å². The Morgan fingerprint density at radius 2 is 0.459 bits per heavy atom. The fourth-order valence-electron chi connectivity index (χ4n) is 20.5. The zero-order chi connectivity index (χ0) is 98.1. The van der Waals surface area contributed by atoms with Gasteiger partial charge in [0.2, 0.25) is 28.6 Å². The zero-order valence-corrected chi connectivity index (χ0v) is 77.5. The Bertz CT molecular complexity index is 7170. The Morgan fingerprint density at radius 1 is 0.241 bits per heavy atom. The summed E-state index contributed by atoms with van der Waals surface area (Å²) in [7, 11) is 0. The molecule has 20 heterocycles. The molecule has 0 saturated heterocycles. The Balaban J connectivity index is 0.000000104. The molecular formula is C108H106N20O5. The lowest BCUT2D eigenvalue weighted by atomic mass is 10.1. The van der Waals surface area contributed by atoms with Crippen LogP contribution >= 0.6 is 0 Å². The number of benzene rings is 5. The molecule has 25 rings (SSSR count). The van der Waals surface area contributed by atoms with Crippen LogP contribution < -0.4 is 49.0 Å². The SMILES string of the molecule is [2H]C(C)(C)N1c2cccnc2N(c2c(C)ccc3c2oc2ncccc23)C1C.[2H]C(C)(C)N1c2cccnc2N(c2c(C)ccc3c2oc2ncccc23)[C@H]1C.[2H]C(C)(C)N1c2ncccc2N(c2c(C)ccc3c2oc2ncccc23)C1C.[2H]C(C)(C)N1c2ncccc2N(c2c(C)ccc3c2oc2ncccc23)C1C.[2H]C([2H])([2H])N1c2ncccc2N(c2c(C)ccc3c2oc2ncccc23)C1C. The van der Waals surface area contributed by atoms with Crippen molar-refractivity contribution >= 4 is 196 Å². The molecule has 668 valence electrons. The van der Waals surface area contributed by atoms with Crippen LogP contribution in [0.5, 0.6) is 0 Å². The summed E-state index contributed by atoms with van der Waals surface area (Å²) >= 11 is 0. The number of aryl methyl sites for hydroxylation is 5. The molecule has 5 aliphatic heterocycles. The fraction of sp³-hybridized carbons (Fsp3) is 0.259. The van der Waals surface area contributed by atoms with E-state index in [0.717, 1.165) is 184 Å². The maximum atomic E-state index is 8.69. The highest BCUT2D eigenvalue weighted by atomic mass is 16.4. The van der Waals surface area contributed by atoms with Crippen LogP contribution in [-0.2, 0) is 0 Å². The van der Waals surface area contributed by atoms with Crippen molar-refractivity contribution in [2.75, 3.05) is 56.0 Å². The molecular weight excluding hydrogens is 1660 g/mol. The minimum Gasteiger partial charge on any atom is -0.435 e. The fourth-order valence-corrected chi connectivity index (χ4v) is 20.5. The highest BCUT2D eigenvalue weighted by Gasteiger charge is 2.44. The first-order valence-electron chi connectivity index (χ1n) is 48.4. The van der Waals surface area contributed by atoms with Gasteiger partial charge in [-0.2, -0.15) is 0 Å². The number of furan rings is 5. The molecule has 4 unspecified atom stereocenters. The Hall–Kier alpha value is -15.4.